The predicted molar refractivity (Wildman–Crippen MR) is 36.4 cm³/mol. The quantitative estimate of drug-likeness (QED) is 0.376. The van der Waals surface area contributed by atoms with Crippen molar-refractivity contribution >= 4 is 22.6 Å². The first-order valence-corrected chi connectivity index (χ1v) is 2.98. The van der Waals surface area contributed by atoms with Crippen molar-refractivity contribution in [3.63, 3.8) is 0 Å². The Balaban J connectivity index is 0. The average molecular weight is 244 g/mol. The van der Waals surface area contributed by atoms with Crippen LogP contribution < -0.4 is 0 Å². The van der Waals surface area contributed by atoms with Gasteiger partial charge < -0.3 is 22.6 Å². The number of hydrogen-bond acceptors (Lipinski definition) is 0. The molecule has 0 N–H and O–H groups in total. The van der Waals surface area contributed by atoms with Gasteiger partial charge in [0.25, 0.3) is 0 Å². The third-order valence-electron chi connectivity index (χ3n) is 0.356. The van der Waals surface area contributed by atoms with E-state index in [0.29, 0.717) is 0 Å². The standard InChI is InChI=1S/C5H6I.V/c1-2-3-4-5-6;/h5H,4H2,1H3;/q-1;. The second-order valence-corrected chi connectivity index (χ2v) is 1.67. The molecule has 0 saturated heterocycles. The summed E-state index contributed by atoms with van der Waals surface area (Å²) in [5.41, 5.74) is 0. The molecule has 0 aliphatic carbocycles. The van der Waals surface area contributed by atoms with Crippen LogP contribution in [0.3, 0.4) is 0 Å². The molecule has 0 amide bonds. The second kappa shape index (κ2) is 9.98. The zero-order chi connectivity index (χ0) is 4.83. The largest absolute Gasteiger partial charge is 0.315 e. The van der Waals surface area contributed by atoms with Gasteiger partial charge in [-0.15, -0.1) is 18.3 Å². The van der Waals surface area contributed by atoms with E-state index in [9.17, 15) is 0 Å². The Morgan fingerprint density at radius 2 is 2.29 bits per heavy atom. The Kier molecular flexibility index (Phi) is 15.4. The minimum Gasteiger partial charge on any atom is -0.315 e. The van der Waals surface area contributed by atoms with E-state index in [1.807, 2.05) is 11.4 Å². The predicted octanol–water partition coefficient (Wildman–Crippen LogP) is 1.99. The minimum absolute atomic E-state index is 0. The van der Waals surface area contributed by atoms with Crippen molar-refractivity contribution < 1.29 is 18.6 Å². The van der Waals surface area contributed by atoms with E-state index in [1.165, 1.54) is 0 Å². The van der Waals surface area contributed by atoms with Gasteiger partial charge in [0.2, 0.25) is 0 Å². The first kappa shape index (κ1) is 10.8. The van der Waals surface area contributed by atoms with Gasteiger partial charge in [-0.2, -0.15) is 0 Å². The molecule has 0 saturated carbocycles. The van der Waals surface area contributed by atoms with E-state index in [-0.39, 0.29) is 18.6 Å². The molecule has 0 atom stereocenters. The SMILES string of the molecule is CC#CC[CH-]I.[V]. The molecule has 0 aromatic heterocycles. The van der Waals surface area contributed by atoms with Crippen molar-refractivity contribution in [1.82, 2.24) is 0 Å². The van der Waals surface area contributed by atoms with Crippen LogP contribution in [0.25, 0.3) is 0 Å². The van der Waals surface area contributed by atoms with Crippen LogP contribution in [0, 0.1) is 16.3 Å². The zero-order valence-electron chi connectivity index (χ0n) is 4.11. The number of halogens is 1. The van der Waals surface area contributed by atoms with E-state index in [1.54, 1.807) is 0 Å². The molecule has 0 heterocycles. The molecule has 1 radical (unpaired) electrons. The van der Waals surface area contributed by atoms with Gasteiger partial charge in [-0.1, -0.05) is 0 Å². The van der Waals surface area contributed by atoms with Gasteiger partial charge in [0.15, 0.2) is 0 Å². The van der Waals surface area contributed by atoms with E-state index < -0.39 is 0 Å². The van der Waals surface area contributed by atoms with Crippen molar-refractivity contribution in [1.29, 1.82) is 0 Å². The Hall–Kier alpha value is 0.874. The van der Waals surface area contributed by atoms with Crippen LogP contribution in [0.15, 0.2) is 0 Å². The third-order valence-corrected chi connectivity index (χ3v) is 0.796. The fourth-order valence-corrected chi connectivity index (χ4v) is 0.361. The second-order valence-electron chi connectivity index (χ2n) is 0.785. The van der Waals surface area contributed by atoms with Gasteiger partial charge in [-0.25, -0.2) is 0 Å². The van der Waals surface area contributed by atoms with Crippen molar-refractivity contribution in [3.05, 3.63) is 4.43 Å². The van der Waals surface area contributed by atoms with Gasteiger partial charge >= 0.3 is 0 Å². The maximum absolute atomic E-state index is 2.88. The summed E-state index contributed by atoms with van der Waals surface area (Å²) in [6.07, 6.45) is 0.914. The first-order valence-electron chi connectivity index (χ1n) is 1.73. The monoisotopic (exact) mass is 244 g/mol. The van der Waals surface area contributed by atoms with Crippen LogP contribution in [0.1, 0.15) is 13.3 Å². The summed E-state index contributed by atoms with van der Waals surface area (Å²) in [4.78, 5) is 0. The Morgan fingerprint density at radius 3 is 2.43 bits per heavy atom. The van der Waals surface area contributed by atoms with E-state index in [2.05, 4.69) is 34.4 Å². The number of rotatable bonds is 1. The molecule has 7 heavy (non-hydrogen) atoms. The van der Waals surface area contributed by atoms with Gasteiger partial charge in [0, 0.05) is 18.6 Å². The van der Waals surface area contributed by atoms with Gasteiger partial charge in [0.1, 0.15) is 0 Å². The Morgan fingerprint density at radius 1 is 1.71 bits per heavy atom. The summed E-state index contributed by atoms with van der Waals surface area (Å²) in [5, 5.41) is 0. The molecule has 0 nitrogen and oxygen atoms in total. The third kappa shape index (κ3) is 10.9. The molecule has 0 unspecified atom stereocenters. The molecule has 0 fully saturated rings. The van der Waals surface area contributed by atoms with E-state index in [0.717, 1.165) is 6.42 Å². The van der Waals surface area contributed by atoms with Crippen LogP contribution in [0.5, 0.6) is 0 Å². The molecule has 0 spiro atoms. The molecular weight excluding hydrogens is 238 g/mol. The summed E-state index contributed by atoms with van der Waals surface area (Å²) >= 11 is 2.18. The Bertz CT molecular complexity index is 69.9. The minimum atomic E-state index is 0. The summed E-state index contributed by atoms with van der Waals surface area (Å²) in [5.74, 6) is 5.67. The van der Waals surface area contributed by atoms with E-state index >= 15 is 0 Å². The van der Waals surface area contributed by atoms with Crippen LogP contribution >= 0.6 is 22.6 Å². The van der Waals surface area contributed by atoms with Crippen molar-refractivity contribution in [2.45, 2.75) is 13.3 Å². The van der Waals surface area contributed by atoms with Gasteiger partial charge in [-0.05, 0) is 6.92 Å². The Labute approximate surface area is 70.5 Å². The summed E-state index contributed by atoms with van der Waals surface area (Å²) in [6.45, 7) is 1.85. The average Bonchev–Trinajstić information content (AvgIpc) is 1.61. The van der Waals surface area contributed by atoms with Crippen LogP contribution in [-0.4, -0.2) is 0 Å². The smallest absolute Gasteiger partial charge is 0 e. The molecule has 0 aromatic carbocycles. The summed E-state index contributed by atoms with van der Waals surface area (Å²) in [6, 6.07) is 0. The fraction of sp³-hybridized carbons (Fsp3) is 0.400. The molecule has 0 aliphatic heterocycles. The van der Waals surface area contributed by atoms with Crippen molar-refractivity contribution in [2.75, 3.05) is 0 Å². The van der Waals surface area contributed by atoms with Crippen LogP contribution in [0.2, 0.25) is 0 Å². The summed E-state index contributed by atoms with van der Waals surface area (Å²) < 4.78 is 2.01. The van der Waals surface area contributed by atoms with Crippen molar-refractivity contribution in [2.24, 2.45) is 0 Å². The topological polar surface area (TPSA) is 0 Å². The fourth-order valence-electron chi connectivity index (χ4n) is 0.141. The molecule has 0 bridgehead atoms. The molecule has 0 aromatic rings. The normalized spacial score (nSPS) is 5.43. The molecule has 39 valence electrons. The molecule has 0 aliphatic rings. The summed E-state index contributed by atoms with van der Waals surface area (Å²) in [7, 11) is 0. The van der Waals surface area contributed by atoms with E-state index in [4.69, 9.17) is 0 Å². The van der Waals surface area contributed by atoms with Gasteiger partial charge in [-0.3, -0.25) is 4.43 Å². The molecular formula is C5H6IV-. The number of hydrogen-bond donors (Lipinski definition) is 0. The molecule has 0 rings (SSSR count). The zero-order valence-corrected chi connectivity index (χ0v) is 7.66. The van der Waals surface area contributed by atoms with Gasteiger partial charge in [0.05, 0.1) is 0 Å². The first-order chi connectivity index (χ1) is 2.91. The van der Waals surface area contributed by atoms with Crippen LogP contribution in [-0.2, 0) is 18.6 Å². The van der Waals surface area contributed by atoms with Crippen LogP contribution in [0.4, 0.5) is 0 Å². The maximum atomic E-state index is 2.88. The molecule has 2 heteroatoms. The van der Waals surface area contributed by atoms with Crippen molar-refractivity contribution in [3.8, 4) is 11.8 Å². The maximum Gasteiger partial charge on any atom is 0 e.